The van der Waals surface area contributed by atoms with Gasteiger partial charge >= 0.3 is 0 Å². The molecule has 2 N–H and O–H groups in total. The number of hydrogen-bond acceptors (Lipinski definition) is 2. The lowest BCUT2D eigenvalue weighted by Crippen LogP contribution is -2.37. The van der Waals surface area contributed by atoms with E-state index in [9.17, 15) is 4.79 Å². The first-order chi connectivity index (χ1) is 10.2. The molecule has 0 unspecified atom stereocenters. The van der Waals surface area contributed by atoms with Gasteiger partial charge in [0.2, 0.25) is 0 Å². The highest BCUT2D eigenvalue weighted by molar-refractivity contribution is 5.99. The molecule has 1 aromatic rings. The zero-order chi connectivity index (χ0) is 15.1. The molecule has 2 rings (SSSR count). The molecule has 116 valence electrons. The van der Waals surface area contributed by atoms with E-state index < -0.39 is 0 Å². The van der Waals surface area contributed by atoms with Crippen LogP contribution in [0.25, 0.3) is 0 Å². The maximum Gasteiger partial charge on any atom is 0.253 e. The Kier molecular flexibility index (Phi) is 6.09. The summed E-state index contributed by atoms with van der Waals surface area (Å²) in [4.78, 5) is 12.5. The summed E-state index contributed by atoms with van der Waals surface area (Å²) in [6.07, 6.45) is 7.05. The van der Waals surface area contributed by atoms with Crippen molar-refractivity contribution in [3.05, 3.63) is 29.8 Å². The van der Waals surface area contributed by atoms with Crippen LogP contribution in [0, 0.1) is 5.92 Å². The molecule has 21 heavy (non-hydrogen) atoms. The van der Waals surface area contributed by atoms with Crippen LogP contribution in [0.3, 0.4) is 0 Å². The Bertz CT molecular complexity index is 450. The Balaban J connectivity index is 1.94. The van der Waals surface area contributed by atoms with E-state index in [1.54, 1.807) is 0 Å². The van der Waals surface area contributed by atoms with Gasteiger partial charge in [0.25, 0.3) is 5.91 Å². The van der Waals surface area contributed by atoms with Crippen LogP contribution in [0.4, 0.5) is 5.69 Å². The van der Waals surface area contributed by atoms with Crippen molar-refractivity contribution in [1.82, 2.24) is 5.32 Å². The molecule has 1 fully saturated rings. The van der Waals surface area contributed by atoms with Crippen LogP contribution in [0.1, 0.15) is 62.7 Å². The summed E-state index contributed by atoms with van der Waals surface area (Å²) >= 11 is 0. The second-order valence-corrected chi connectivity index (χ2v) is 6.07. The Morgan fingerprint density at radius 1 is 1.14 bits per heavy atom. The summed E-state index contributed by atoms with van der Waals surface area (Å²) in [5.74, 6) is 0.922. The SMILES string of the molecule is CCCNc1ccccc1C(=O)NC1CCC(CC)CC1. The molecule has 0 aliphatic heterocycles. The zero-order valence-corrected chi connectivity index (χ0v) is 13.3. The van der Waals surface area contributed by atoms with Crippen LogP contribution in [0.5, 0.6) is 0 Å². The lowest BCUT2D eigenvalue weighted by molar-refractivity contribution is 0.0922. The molecule has 3 heteroatoms. The molecule has 0 atom stereocenters. The van der Waals surface area contributed by atoms with Gasteiger partial charge in [0.15, 0.2) is 0 Å². The fraction of sp³-hybridized carbons (Fsp3) is 0.611. The molecule has 0 radical (unpaired) electrons. The molecule has 3 nitrogen and oxygen atoms in total. The lowest BCUT2D eigenvalue weighted by Gasteiger charge is -2.28. The largest absolute Gasteiger partial charge is 0.384 e. The fourth-order valence-electron chi connectivity index (χ4n) is 3.07. The van der Waals surface area contributed by atoms with Crippen molar-refractivity contribution < 1.29 is 4.79 Å². The number of carbonyl (C=O) groups is 1. The Labute approximate surface area is 128 Å². The molecule has 1 saturated carbocycles. The van der Waals surface area contributed by atoms with E-state index in [1.807, 2.05) is 24.3 Å². The van der Waals surface area contributed by atoms with Gasteiger partial charge in [-0.3, -0.25) is 4.79 Å². The molecule has 0 saturated heterocycles. The van der Waals surface area contributed by atoms with Crippen molar-refractivity contribution in [2.45, 2.75) is 58.4 Å². The number of rotatable bonds is 6. The number of nitrogens with one attached hydrogen (secondary N) is 2. The van der Waals surface area contributed by atoms with Crippen LogP contribution >= 0.6 is 0 Å². The maximum absolute atomic E-state index is 12.5. The molecular formula is C18H28N2O. The minimum absolute atomic E-state index is 0.0640. The zero-order valence-electron chi connectivity index (χ0n) is 13.3. The van der Waals surface area contributed by atoms with Crippen molar-refractivity contribution in [2.24, 2.45) is 5.92 Å². The molecular weight excluding hydrogens is 260 g/mol. The van der Waals surface area contributed by atoms with Crippen molar-refractivity contribution in [3.63, 3.8) is 0 Å². The van der Waals surface area contributed by atoms with E-state index in [-0.39, 0.29) is 5.91 Å². The normalized spacial score (nSPS) is 21.8. The topological polar surface area (TPSA) is 41.1 Å². The molecule has 1 aliphatic carbocycles. The van der Waals surface area contributed by atoms with E-state index in [1.165, 1.54) is 19.3 Å². The number of amides is 1. The van der Waals surface area contributed by atoms with E-state index >= 15 is 0 Å². The highest BCUT2D eigenvalue weighted by atomic mass is 16.1. The van der Waals surface area contributed by atoms with Gasteiger partial charge in [-0.1, -0.05) is 32.4 Å². The third kappa shape index (κ3) is 4.48. The van der Waals surface area contributed by atoms with E-state index in [4.69, 9.17) is 0 Å². The van der Waals surface area contributed by atoms with Gasteiger partial charge in [-0.05, 0) is 50.2 Å². The van der Waals surface area contributed by atoms with E-state index in [0.29, 0.717) is 6.04 Å². The quantitative estimate of drug-likeness (QED) is 0.823. The van der Waals surface area contributed by atoms with Crippen molar-refractivity contribution in [2.75, 3.05) is 11.9 Å². The minimum atomic E-state index is 0.0640. The van der Waals surface area contributed by atoms with E-state index in [0.717, 1.165) is 43.0 Å². The summed E-state index contributed by atoms with van der Waals surface area (Å²) in [6.45, 7) is 5.28. The summed E-state index contributed by atoms with van der Waals surface area (Å²) in [6, 6.07) is 8.14. The van der Waals surface area contributed by atoms with Crippen LogP contribution < -0.4 is 10.6 Å². The van der Waals surface area contributed by atoms with Crippen molar-refractivity contribution in [3.8, 4) is 0 Å². The van der Waals surface area contributed by atoms with Crippen molar-refractivity contribution in [1.29, 1.82) is 0 Å². The lowest BCUT2D eigenvalue weighted by atomic mass is 9.84. The first-order valence-electron chi connectivity index (χ1n) is 8.38. The maximum atomic E-state index is 12.5. The number of para-hydroxylation sites is 1. The van der Waals surface area contributed by atoms with Crippen LogP contribution in [-0.2, 0) is 0 Å². The summed E-state index contributed by atoms with van der Waals surface area (Å²) in [5.41, 5.74) is 1.71. The fourth-order valence-corrected chi connectivity index (χ4v) is 3.07. The number of benzene rings is 1. The average molecular weight is 288 g/mol. The number of carbonyl (C=O) groups excluding carboxylic acids is 1. The third-order valence-electron chi connectivity index (χ3n) is 4.50. The summed E-state index contributed by atoms with van der Waals surface area (Å²) in [7, 11) is 0. The second-order valence-electron chi connectivity index (χ2n) is 6.07. The highest BCUT2D eigenvalue weighted by Crippen LogP contribution is 2.27. The summed E-state index contributed by atoms with van der Waals surface area (Å²) in [5, 5.41) is 6.55. The highest BCUT2D eigenvalue weighted by Gasteiger charge is 2.22. The van der Waals surface area contributed by atoms with E-state index in [2.05, 4.69) is 24.5 Å². The molecule has 0 heterocycles. The molecule has 0 spiro atoms. The van der Waals surface area contributed by atoms with Crippen LogP contribution in [0.15, 0.2) is 24.3 Å². The monoisotopic (exact) mass is 288 g/mol. The van der Waals surface area contributed by atoms with Gasteiger partial charge in [-0.25, -0.2) is 0 Å². The Morgan fingerprint density at radius 2 is 1.86 bits per heavy atom. The number of anilines is 1. The summed E-state index contributed by atoms with van der Waals surface area (Å²) < 4.78 is 0. The standard InChI is InChI=1S/C18H28N2O/c1-3-13-19-17-8-6-5-7-16(17)18(21)20-15-11-9-14(4-2)10-12-15/h5-8,14-15,19H,3-4,9-13H2,1-2H3,(H,20,21). The van der Waals surface area contributed by atoms with Crippen LogP contribution in [-0.4, -0.2) is 18.5 Å². The Hall–Kier alpha value is -1.51. The van der Waals surface area contributed by atoms with Gasteiger partial charge in [-0.2, -0.15) is 0 Å². The predicted octanol–water partition coefficient (Wildman–Crippen LogP) is 4.21. The molecule has 0 aromatic heterocycles. The number of hydrogen-bond donors (Lipinski definition) is 2. The van der Waals surface area contributed by atoms with Gasteiger partial charge in [0.1, 0.15) is 0 Å². The van der Waals surface area contributed by atoms with Gasteiger partial charge in [0, 0.05) is 18.3 Å². The molecule has 1 amide bonds. The van der Waals surface area contributed by atoms with Crippen LogP contribution in [0.2, 0.25) is 0 Å². The van der Waals surface area contributed by atoms with Gasteiger partial charge in [0.05, 0.1) is 5.56 Å². The van der Waals surface area contributed by atoms with Gasteiger partial charge < -0.3 is 10.6 Å². The molecule has 0 bridgehead atoms. The Morgan fingerprint density at radius 3 is 2.52 bits per heavy atom. The minimum Gasteiger partial charge on any atom is -0.384 e. The second kappa shape index (κ2) is 8.06. The average Bonchev–Trinajstić information content (AvgIpc) is 2.54. The molecule has 1 aliphatic rings. The predicted molar refractivity (Wildman–Crippen MR) is 88.7 cm³/mol. The smallest absolute Gasteiger partial charge is 0.253 e. The first-order valence-corrected chi connectivity index (χ1v) is 8.38. The third-order valence-corrected chi connectivity index (χ3v) is 4.50. The first kappa shape index (κ1) is 15.9. The van der Waals surface area contributed by atoms with Gasteiger partial charge in [-0.15, -0.1) is 0 Å². The molecule has 1 aromatic carbocycles. The van der Waals surface area contributed by atoms with Crippen molar-refractivity contribution >= 4 is 11.6 Å².